The highest BCUT2D eigenvalue weighted by Gasteiger charge is 2.14. The molecule has 0 aromatic heterocycles. The predicted octanol–water partition coefficient (Wildman–Crippen LogP) is 8.89. The lowest BCUT2D eigenvalue weighted by atomic mass is 10.1. The van der Waals surface area contributed by atoms with Crippen LogP contribution < -0.4 is 25.2 Å². The SMILES string of the molecule is C=CC(=O)Nc1cc(N(CCC)CCC)ccc1Nc1ccc(CC)c(N(C)C(C)=O)c1.CC(C)=O.CCc1cc(C)cc(OC)c1. The van der Waals surface area contributed by atoms with Crippen LogP contribution in [0.25, 0.3) is 0 Å². The molecule has 0 spiro atoms. The molecule has 0 unspecified atom stereocenters. The molecule has 0 aliphatic rings. The van der Waals surface area contributed by atoms with E-state index in [0.29, 0.717) is 5.69 Å². The van der Waals surface area contributed by atoms with Crippen molar-refractivity contribution >= 4 is 46.0 Å². The van der Waals surface area contributed by atoms with Crippen molar-refractivity contribution in [2.24, 2.45) is 0 Å². The maximum Gasteiger partial charge on any atom is 0.247 e. The first-order chi connectivity index (χ1) is 22.3. The normalized spacial score (nSPS) is 9.91. The number of anilines is 5. The highest BCUT2D eigenvalue weighted by molar-refractivity contribution is 6.02. The van der Waals surface area contributed by atoms with Gasteiger partial charge in [-0.3, -0.25) is 9.59 Å². The van der Waals surface area contributed by atoms with Gasteiger partial charge in [0.2, 0.25) is 11.8 Å². The second-order valence-corrected chi connectivity index (χ2v) is 11.4. The predicted molar refractivity (Wildman–Crippen MR) is 200 cm³/mol. The van der Waals surface area contributed by atoms with E-state index in [1.54, 1.807) is 26.0 Å². The molecule has 0 fully saturated rings. The van der Waals surface area contributed by atoms with E-state index in [9.17, 15) is 14.4 Å². The zero-order valence-electron chi connectivity index (χ0n) is 30.3. The van der Waals surface area contributed by atoms with Crippen LogP contribution in [-0.4, -0.2) is 44.8 Å². The van der Waals surface area contributed by atoms with E-state index in [4.69, 9.17) is 4.74 Å². The molecule has 0 heterocycles. The fourth-order valence-electron chi connectivity index (χ4n) is 4.76. The van der Waals surface area contributed by atoms with Crippen molar-refractivity contribution in [2.75, 3.05) is 47.7 Å². The molecule has 0 aliphatic carbocycles. The zero-order valence-corrected chi connectivity index (χ0v) is 30.3. The maximum absolute atomic E-state index is 12.1. The molecule has 256 valence electrons. The van der Waals surface area contributed by atoms with Crippen LogP contribution in [0.2, 0.25) is 0 Å². The highest BCUT2D eigenvalue weighted by Crippen LogP contribution is 2.33. The van der Waals surface area contributed by atoms with Gasteiger partial charge in [-0.25, -0.2) is 0 Å². The van der Waals surface area contributed by atoms with Gasteiger partial charge >= 0.3 is 0 Å². The first-order valence-corrected chi connectivity index (χ1v) is 16.4. The number of nitrogens with zero attached hydrogens (tertiary/aromatic N) is 2. The fraction of sp³-hybridized carbons (Fsp3) is 0.410. The van der Waals surface area contributed by atoms with E-state index in [2.05, 4.69) is 74.9 Å². The maximum atomic E-state index is 12.1. The molecular formula is C39H56N4O4. The van der Waals surface area contributed by atoms with E-state index >= 15 is 0 Å². The molecule has 3 aromatic rings. The standard InChI is InChI=1S/C26H36N4O2.C10H14O.C3H6O/c1-7-15-30(16-8-2)22-13-14-23(24(18-22)28-26(32)10-4)27-21-12-11-20(9-3)25(17-21)29(6)19(5)31;1-4-9-5-8(2)6-10(7-9)11-3;1-3(2)4/h10-14,17-18,27H,4,7-9,15-16H2,1-3,5-6H3,(H,28,32);5-7H,4H2,1-3H3;1-2H3. The number of carbonyl (C=O) groups is 3. The van der Waals surface area contributed by atoms with Crippen molar-refractivity contribution in [3.05, 3.63) is 83.9 Å². The number of hydrogen-bond acceptors (Lipinski definition) is 6. The van der Waals surface area contributed by atoms with E-state index in [0.717, 1.165) is 72.8 Å². The van der Waals surface area contributed by atoms with Gasteiger partial charge in [0.15, 0.2) is 0 Å². The summed E-state index contributed by atoms with van der Waals surface area (Å²) in [6.45, 7) is 20.7. The van der Waals surface area contributed by atoms with Crippen LogP contribution in [0.5, 0.6) is 5.75 Å². The second-order valence-electron chi connectivity index (χ2n) is 11.4. The monoisotopic (exact) mass is 644 g/mol. The summed E-state index contributed by atoms with van der Waals surface area (Å²) < 4.78 is 5.14. The summed E-state index contributed by atoms with van der Waals surface area (Å²) in [6, 6.07) is 18.3. The van der Waals surface area contributed by atoms with Gasteiger partial charge in [-0.2, -0.15) is 0 Å². The Morgan fingerprint density at radius 2 is 1.49 bits per heavy atom. The Morgan fingerprint density at radius 1 is 0.851 bits per heavy atom. The lowest BCUT2D eigenvalue weighted by Crippen LogP contribution is -2.25. The van der Waals surface area contributed by atoms with Crippen LogP contribution in [0.4, 0.5) is 28.4 Å². The quantitative estimate of drug-likeness (QED) is 0.181. The molecule has 2 N–H and O–H groups in total. The van der Waals surface area contributed by atoms with Gasteiger partial charge in [-0.1, -0.05) is 46.4 Å². The molecule has 3 rings (SSSR count). The Morgan fingerprint density at radius 3 is 2.00 bits per heavy atom. The largest absolute Gasteiger partial charge is 0.497 e. The number of nitrogens with one attached hydrogen (secondary N) is 2. The van der Waals surface area contributed by atoms with Crippen LogP contribution in [0.15, 0.2) is 67.3 Å². The fourth-order valence-corrected chi connectivity index (χ4v) is 4.76. The zero-order chi connectivity index (χ0) is 35.5. The first-order valence-electron chi connectivity index (χ1n) is 16.4. The van der Waals surface area contributed by atoms with Crippen LogP contribution in [0, 0.1) is 6.92 Å². The van der Waals surface area contributed by atoms with Crippen molar-refractivity contribution in [3.63, 3.8) is 0 Å². The van der Waals surface area contributed by atoms with E-state index in [-0.39, 0.29) is 17.6 Å². The molecular weight excluding hydrogens is 588 g/mol. The van der Waals surface area contributed by atoms with E-state index in [1.165, 1.54) is 31.1 Å². The van der Waals surface area contributed by atoms with Gasteiger partial charge in [0, 0.05) is 44.1 Å². The number of benzene rings is 3. The number of methoxy groups -OCH3 is 1. The van der Waals surface area contributed by atoms with Crippen LogP contribution in [0.1, 0.15) is 78.0 Å². The van der Waals surface area contributed by atoms with Gasteiger partial charge in [-0.05, 0) is 112 Å². The van der Waals surface area contributed by atoms with Crippen LogP contribution in [-0.2, 0) is 27.2 Å². The molecule has 8 nitrogen and oxygen atoms in total. The van der Waals surface area contributed by atoms with Crippen LogP contribution in [0.3, 0.4) is 0 Å². The number of ketones is 1. The average Bonchev–Trinajstić information content (AvgIpc) is 3.04. The number of carbonyl (C=O) groups excluding carboxylic acids is 3. The van der Waals surface area contributed by atoms with Crippen molar-refractivity contribution in [1.29, 1.82) is 0 Å². The van der Waals surface area contributed by atoms with Gasteiger partial charge in [0.25, 0.3) is 0 Å². The third-order valence-electron chi connectivity index (χ3n) is 7.13. The Balaban J connectivity index is 0.000000605. The summed E-state index contributed by atoms with van der Waals surface area (Å²) in [7, 11) is 3.48. The minimum Gasteiger partial charge on any atom is -0.497 e. The molecule has 0 saturated carbocycles. The molecule has 47 heavy (non-hydrogen) atoms. The number of hydrogen-bond donors (Lipinski definition) is 2. The summed E-state index contributed by atoms with van der Waals surface area (Å²) >= 11 is 0. The molecule has 0 radical (unpaired) electrons. The van der Waals surface area contributed by atoms with Gasteiger partial charge in [-0.15, -0.1) is 0 Å². The van der Waals surface area contributed by atoms with Gasteiger partial charge in [0.1, 0.15) is 11.5 Å². The number of aryl methyl sites for hydroxylation is 3. The minimum absolute atomic E-state index is 0.0212. The molecule has 0 bridgehead atoms. The molecule has 0 aliphatic heterocycles. The molecule has 0 saturated heterocycles. The van der Waals surface area contributed by atoms with Crippen LogP contribution >= 0.6 is 0 Å². The Kier molecular flexibility index (Phi) is 18.3. The third kappa shape index (κ3) is 14.2. The minimum atomic E-state index is -0.263. The topological polar surface area (TPSA) is 91.0 Å². The summed E-state index contributed by atoms with van der Waals surface area (Å²) in [6.07, 6.45) is 5.25. The first kappa shape index (κ1) is 40.4. The summed E-state index contributed by atoms with van der Waals surface area (Å²) in [5.41, 5.74) is 7.93. The Bertz CT molecular complexity index is 1440. The van der Waals surface area contributed by atoms with Gasteiger partial charge in [0.05, 0.1) is 18.5 Å². The lowest BCUT2D eigenvalue weighted by molar-refractivity contribution is -0.116. The van der Waals surface area contributed by atoms with Gasteiger partial charge < -0.3 is 30.0 Å². The lowest BCUT2D eigenvalue weighted by Gasteiger charge is -2.25. The molecule has 8 heteroatoms. The molecule has 0 atom stereocenters. The van der Waals surface area contributed by atoms with E-state index < -0.39 is 0 Å². The molecule has 3 aromatic carbocycles. The molecule has 2 amide bonds. The third-order valence-corrected chi connectivity index (χ3v) is 7.13. The Labute approximate surface area is 283 Å². The van der Waals surface area contributed by atoms with E-state index in [1.807, 2.05) is 36.4 Å². The van der Waals surface area contributed by atoms with Crippen molar-refractivity contribution < 1.29 is 19.1 Å². The smallest absolute Gasteiger partial charge is 0.247 e. The summed E-state index contributed by atoms with van der Waals surface area (Å²) in [4.78, 5) is 37.5. The Hall–Kier alpha value is -4.59. The number of amides is 2. The highest BCUT2D eigenvalue weighted by atomic mass is 16.5. The number of ether oxygens (including phenoxy) is 1. The number of Topliss-reactive ketones (excluding diaryl/α,β-unsaturated/α-hetero) is 1. The van der Waals surface area contributed by atoms with Crippen molar-refractivity contribution in [3.8, 4) is 5.75 Å². The average molecular weight is 645 g/mol. The van der Waals surface area contributed by atoms with Crippen molar-refractivity contribution in [2.45, 2.75) is 81.1 Å². The second kappa shape index (κ2) is 21.3. The summed E-state index contributed by atoms with van der Waals surface area (Å²) in [5.74, 6) is 0.843. The summed E-state index contributed by atoms with van der Waals surface area (Å²) in [5, 5.41) is 6.34. The van der Waals surface area contributed by atoms with Crippen molar-refractivity contribution in [1.82, 2.24) is 0 Å². The number of rotatable bonds is 13.